The van der Waals surface area contributed by atoms with Crippen molar-refractivity contribution >= 4 is 44.2 Å². The van der Waals surface area contributed by atoms with Crippen molar-refractivity contribution in [2.45, 2.75) is 25.7 Å². The highest BCUT2D eigenvalue weighted by atomic mass is 32.2. The van der Waals surface area contributed by atoms with Crippen molar-refractivity contribution in [1.82, 2.24) is 0 Å². The van der Waals surface area contributed by atoms with Crippen molar-refractivity contribution in [3.05, 3.63) is 63.4 Å². The molecule has 0 aliphatic rings. The molecule has 0 atom stereocenters. The Kier molecular flexibility index (Phi) is 5.55. The second kappa shape index (κ2) is 7.84. The van der Waals surface area contributed by atoms with Gasteiger partial charge >= 0.3 is 5.97 Å². The number of aryl methyl sites for hydroxylation is 2. The quantitative estimate of drug-likeness (QED) is 0.330. The van der Waals surface area contributed by atoms with Crippen molar-refractivity contribution in [2.75, 3.05) is 11.4 Å². The topological polar surface area (TPSA) is 137 Å². The molecule has 1 amide bonds. The maximum absolute atomic E-state index is 13.2. The number of esters is 1. The third-order valence-corrected chi connectivity index (χ3v) is 6.47. The van der Waals surface area contributed by atoms with Gasteiger partial charge in [0.1, 0.15) is 16.9 Å². The van der Waals surface area contributed by atoms with E-state index in [1.165, 1.54) is 44.4 Å². The molecule has 31 heavy (non-hydrogen) atoms. The number of hydrogen-bond acceptors (Lipinski definition) is 8. The van der Waals surface area contributed by atoms with E-state index in [-0.39, 0.29) is 28.0 Å². The molecule has 2 aromatic carbocycles. The SMILES string of the molecule is COC(=O)c1c(C)oc2ccc(N(C(C)=O)S(=O)(=O)c3ccc(C)c([N+](=O)[O-])c3)cc12. The smallest absolute Gasteiger partial charge is 0.342 e. The summed E-state index contributed by atoms with van der Waals surface area (Å²) in [5.74, 6) is -1.26. The van der Waals surface area contributed by atoms with Crippen LogP contribution in [0.5, 0.6) is 0 Å². The summed E-state index contributed by atoms with van der Waals surface area (Å²) < 4.78 is 37.3. The number of furan rings is 1. The van der Waals surface area contributed by atoms with Crippen LogP contribution in [0.1, 0.15) is 28.6 Å². The van der Waals surface area contributed by atoms with Gasteiger partial charge in [-0.1, -0.05) is 6.07 Å². The summed E-state index contributed by atoms with van der Waals surface area (Å²) in [5, 5.41) is 11.5. The largest absolute Gasteiger partial charge is 0.465 e. The molecule has 0 saturated heterocycles. The number of rotatable bonds is 5. The van der Waals surface area contributed by atoms with E-state index in [2.05, 4.69) is 0 Å². The number of sulfonamides is 1. The minimum Gasteiger partial charge on any atom is -0.465 e. The second-order valence-electron chi connectivity index (χ2n) is 6.70. The summed E-state index contributed by atoms with van der Waals surface area (Å²) in [5.41, 5.74) is 0.226. The van der Waals surface area contributed by atoms with Crippen molar-refractivity contribution in [3.63, 3.8) is 0 Å². The number of nitro groups is 1. The van der Waals surface area contributed by atoms with E-state index in [9.17, 15) is 28.1 Å². The lowest BCUT2D eigenvalue weighted by atomic mass is 10.1. The Morgan fingerprint density at radius 2 is 1.81 bits per heavy atom. The highest BCUT2D eigenvalue weighted by Crippen LogP contribution is 2.33. The number of nitrogens with zero attached hydrogens (tertiary/aromatic N) is 2. The predicted octanol–water partition coefficient (Wildman–Crippen LogP) is 3.49. The van der Waals surface area contributed by atoms with E-state index in [1.807, 2.05) is 0 Å². The Hall–Kier alpha value is -3.73. The molecule has 3 rings (SSSR count). The average molecular weight is 446 g/mol. The standard InChI is InChI=1S/C20H18N2O8S/c1-11-5-7-15(10-17(11)22(25)26)31(27,28)21(13(3)23)14-6-8-18-16(9-14)19(12(2)30-18)20(24)29-4/h5-10H,1-4H3. The zero-order valence-corrected chi connectivity index (χ0v) is 17.8. The van der Waals surface area contributed by atoms with E-state index < -0.39 is 37.4 Å². The van der Waals surface area contributed by atoms with Crippen molar-refractivity contribution in [2.24, 2.45) is 0 Å². The van der Waals surface area contributed by atoms with E-state index in [0.717, 1.165) is 13.0 Å². The normalized spacial score (nSPS) is 11.4. The average Bonchev–Trinajstić information content (AvgIpc) is 3.02. The molecular formula is C20H18N2O8S. The van der Waals surface area contributed by atoms with Crippen molar-refractivity contribution in [3.8, 4) is 0 Å². The first-order valence-electron chi connectivity index (χ1n) is 8.91. The summed E-state index contributed by atoms with van der Waals surface area (Å²) in [6, 6.07) is 7.47. The van der Waals surface area contributed by atoms with Gasteiger partial charge in [-0.3, -0.25) is 14.9 Å². The van der Waals surface area contributed by atoms with Gasteiger partial charge in [-0.05, 0) is 38.1 Å². The molecule has 1 heterocycles. The molecule has 0 spiro atoms. The number of ether oxygens (including phenoxy) is 1. The first kappa shape index (κ1) is 22.0. The number of carbonyl (C=O) groups excluding carboxylic acids is 2. The van der Waals surface area contributed by atoms with Crippen LogP contribution in [0.25, 0.3) is 11.0 Å². The number of carbonyl (C=O) groups is 2. The molecule has 0 radical (unpaired) electrons. The van der Waals surface area contributed by atoms with Crippen LogP contribution in [-0.4, -0.2) is 32.3 Å². The van der Waals surface area contributed by atoms with Gasteiger partial charge in [0, 0.05) is 23.9 Å². The maximum atomic E-state index is 13.2. The van der Waals surface area contributed by atoms with E-state index in [0.29, 0.717) is 9.89 Å². The third kappa shape index (κ3) is 3.75. The molecule has 0 aliphatic carbocycles. The Labute approximate surface area is 177 Å². The zero-order chi connectivity index (χ0) is 23.1. The molecule has 0 unspecified atom stereocenters. The third-order valence-electron chi connectivity index (χ3n) is 4.67. The number of fused-ring (bicyclic) bond motifs is 1. The number of nitro benzene ring substituents is 1. The molecule has 0 aliphatic heterocycles. The number of methoxy groups -OCH3 is 1. The van der Waals surface area contributed by atoms with Gasteiger partial charge in [0.2, 0.25) is 5.91 Å². The second-order valence-corrected chi connectivity index (χ2v) is 8.49. The first-order valence-corrected chi connectivity index (χ1v) is 10.4. The van der Waals surface area contributed by atoms with Gasteiger partial charge in [0.25, 0.3) is 15.7 Å². The lowest BCUT2D eigenvalue weighted by molar-refractivity contribution is -0.385. The predicted molar refractivity (Wildman–Crippen MR) is 110 cm³/mol. The van der Waals surface area contributed by atoms with Crippen LogP contribution in [0.3, 0.4) is 0 Å². The Morgan fingerprint density at radius 3 is 2.39 bits per heavy atom. The molecular weight excluding hydrogens is 428 g/mol. The molecule has 162 valence electrons. The summed E-state index contributed by atoms with van der Waals surface area (Å²) in [4.78, 5) is 34.6. The minimum absolute atomic E-state index is 0.0609. The van der Waals surface area contributed by atoms with Crippen LogP contribution in [0.4, 0.5) is 11.4 Å². The summed E-state index contributed by atoms with van der Waals surface area (Å²) in [6.07, 6.45) is 0. The Balaban J connectivity index is 2.22. The lowest BCUT2D eigenvalue weighted by Crippen LogP contribution is -2.35. The van der Waals surface area contributed by atoms with Gasteiger partial charge in [-0.15, -0.1) is 0 Å². The van der Waals surface area contributed by atoms with E-state index in [4.69, 9.17) is 9.15 Å². The molecule has 0 bridgehead atoms. The van der Waals surface area contributed by atoms with Gasteiger partial charge in [-0.2, -0.15) is 0 Å². The highest BCUT2D eigenvalue weighted by Gasteiger charge is 2.31. The molecule has 1 aromatic heterocycles. The van der Waals surface area contributed by atoms with Crippen LogP contribution in [0, 0.1) is 24.0 Å². The molecule has 11 heteroatoms. The minimum atomic E-state index is -4.49. The van der Waals surface area contributed by atoms with Crippen molar-refractivity contribution in [1.29, 1.82) is 0 Å². The van der Waals surface area contributed by atoms with Crippen LogP contribution >= 0.6 is 0 Å². The number of hydrogen-bond donors (Lipinski definition) is 0. The molecule has 3 aromatic rings. The van der Waals surface area contributed by atoms with Gasteiger partial charge < -0.3 is 9.15 Å². The Bertz CT molecular complexity index is 1340. The fourth-order valence-corrected chi connectivity index (χ4v) is 4.67. The zero-order valence-electron chi connectivity index (χ0n) is 17.0. The molecule has 0 fully saturated rings. The molecule has 10 nitrogen and oxygen atoms in total. The highest BCUT2D eigenvalue weighted by molar-refractivity contribution is 7.93. The maximum Gasteiger partial charge on any atom is 0.342 e. The van der Waals surface area contributed by atoms with Gasteiger partial charge in [0.15, 0.2) is 0 Å². The molecule has 0 saturated carbocycles. The van der Waals surface area contributed by atoms with E-state index >= 15 is 0 Å². The Morgan fingerprint density at radius 1 is 1.13 bits per heavy atom. The van der Waals surface area contributed by atoms with Crippen LogP contribution < -0.4 is 4.31 Å². The number of benzene rings is 2. The van der Waals surface area contributed by atoms with Crippen LogP contribution in [0.2, 0.25) is 0 Å². The fraction of sp³-hybridized carbons (Fsp3) is 0.200. The lowest BCUT2D eigenvalue weighted by Gasteiger charge is -2.21. The number of amides is 1. The van der Waals surface area contributed by atoms with E-state index in [1.54, 1.807) is 6.92 Å². The van der Waals surface area contributed by atoms with Gasteiger partial charge in [-0.25, -0.2) is 17.5 Å². The van der Waals surface area contributed by atoms with Gasteiger partial charge in [0.05, 0.1) is 22.6 Å². The number of anilines is 1. The monoisotopic (exact) mass is 446 g/mol. The molecule has 0 N–H and O–H groups in total. The summed E-state index contributed by atoms with van der Waals surface area (Å²) in [6.45, 7) is 4.07. The van der Waals surface area contributed by atoms with Crippen molar-refractivity contribution < 1.29 is 32.1 Å². The summed E-state index contributed by atoms with van der Waals surface area (Å²) in [7, 11) is -3.30. The first-order chi connectivity index (χ1) is 14.5. The van der Waals surface area contributed by atoms with Crippen LogP contribution in [0.15, 0.2) is 45.7 Å². The summed E-state index contributed by atoms with van der Waals surface area (Å²) >= 11 is 0. The fourth-order valence-electron chi connectivity index (χ4n) is 3.23. The van der Waals surface area contributed by atoms with Crippen LogP contribution in [-0.2, 0) is 19.6 Å².